The highest BCUT2D eigenvalue weighted by atomic mass is 35.5. The van der Waals surface area contributed by atoms with Crippen LogP contribution in [0.25, 0.3) is 10.8 Å². The average molecular weight is 414 g/mol. The molecule has 0 aromatic heterocycles. The maximum absolute atomic E-state index is 12.5. The second kappa shape index (κ2) is 9.62. The number of hydrogen-bond acceptors (Lipinski definition) is 4. The molecule has 0 saturated carbocycles. The van der Waals surface area contributed by atoms with Gasteiger partial charge in [0.2, 0.25) is 5.91 Å². The van der Waals surface area contributed by atoms with Crippen LogP contribution in [0.3, 0.4) is 0 Å². The quantitative estimate of drug-likeness (QED) is 0.458. The van der Waals surface area contributed by atoms with Gasteiger partial charge in [-0.1, -0.05) is 66.2 Å². The molecule has 4 nitrogen and oxygen atoms in total. The van der Waals surface area contributed by atoms with E-state index in [9.17, 15) is 9.59 Å². The number of nitrogens with one attached hydrogen (secondary N) is 1. The standard InChI is InChI=1S/C22H20ClNO3S/c1-27-22(26)18(13-15-7-3-2-4-8-15)24-20(25)14-28-19-12-6-10-16-9-5-11-17(23)21(16)19/h2-12,18H,13-14H2,1H3,(H,24,25)/t18-/m0/s1. The van der Waals surface area contributed by atoms with Crippen LogP contribution in [0, 0.1) is 0 Å². The highest BCUT2D eigenvalue weighted by molar-refractivity contribution is 8.00. The predicted octanol–water partition coefficient (Wildman–Crippen LogP) is 4.49. The monoisotopic (exact) mass is 413 g/mol. The third-order valence-corrected chi connectivity index (χ3v) is 5.65. The van der Waals surface area contributed by atoms with Crippen LogP contribution in [0.2, 0.25) is 5.02 Å². The van der Waals surface area contributed by atoms with E-state index < -0.39 is 12.0 Å². The molecule has 6 heteroatoms. The Morgan fingerprint density at radius 3 is 2.46 bits per heavy atom. The zero-order valence-electron chi connectivity index (χ0n) is 15.4. The van der Waals surface area contributed by atoms with E-state index in [1.165, 1.54) is 18.9 Å². The summed E-state index contributed by atoms with van der Waals surface area (Å²) in [7, 11) is 1.32. The number of thioether (sulfide) groups is 1. The normalized spacial score (nSPS) is 11.8. The fraction of sp³-hybridized carbons (Fsp3) is 0.182. The van der Waals surface area contributed by atoms with E-state index in [4.69, 9.17) is 16.3 Å². The topological polar surface area (TPSA) is 55.4 Å². The van der Waals surface area contributed by atoms with Crippen molar-refractivity contribution in [3.8, 4) is 0 Å². The molecule has 0 heterocycles. The summed E-state index contributed by atoms with van der Waals surface area (Å²) in [4.78, 5) is 25.5. The summed E-state index contributed by atoms with van der Waals surface area (Å²) < 4.78 is 4.84. The van der Waals surface area contributed by atoms with Gasteiger partial charge in [0.1, 0.15) is 6.04 Å². The van der Waals surface area contributed by atoms with Crippen LogP contribution in [0.4, 0.5) is 0 Å². The predicted molar refractivity (Wildman–Crippen MR) is 114 cm³/mol. The van der Waals surface area contributed by atoms with Gasteiger partial charge in [-0.15, -0.1) is 11.8 Å². The van der Waals surface area contributed by atoms with Crippen molar-refractivity contribution in [2.24, 2.45) is 0 Å². The summed E-state index contributed by atoms with van der Waals surface area (Å²) in [6, 6.07) is 20.4. The van der Waals surface area contributed by atoms with E-state index in [0.29, 0.717) is 11.4 Å². The van der Waals surface area contributed by atoms with Crippen molar-refractivity contribution in [2.75, 3.05) is 12.9 Å². The Kier molecular flexibility index (Phi) is 6.95. The van der Waals surface area contributed by atoms with Crippen LogP contribution in [0.15, 0.2) is 71.6 Å². The molecule has 3 aromatic rings. The Labute approximate surface area is 173 Å². The number of hydrogen-bond donors (Lipinski definition) is 1. The van der Waals surface area contributed by atoms with Crippen LogP contribution in [-0.2, 0) is 20.7 Å². The van der Waals surface area contributed by atoms with Gasteiger partial charge in [0.05, 0.1) is 12.9 Å². The highest BCUT2D eigenvalue weighted by Gasteiger charge is 2.22. The maximum atomic E-state index is 12.5. The van der Waals surface area contributed by atoms with E-state index in [1.807, 2.05) is 66.7 Å². The Balaban J connectivity index is 1.68. The molecule has 3 aromatic carbocycles. The van der Waals surface area contributed by atoms with Gasteiger partial charge >= 0.3 is 5.97 Å². The largest absolute Gasteiger partial charge is 0.467 e. The number of rotatable bonds is 7. The number of fused-ring (bicyclic) bond motifs is 1. The van der Waals surface area contributed by atoms with Crippen molar-refractivity contribution in [3.05, 3.63) is 77.3 Å². The first-order chi connectivity index (χ1) is 13.6. The Hall–Kier alpha value is -2.50. The van der Waals surface area contributed by atoms with Crippen LogP contribution in [-0.4, -0.2) is 30.8 Å². The van der Waals surface area contributed by atoms with Crippen molar-refractivity contribution >= 4 is 46.0 Å². The second-order valence-electron chi connectivity index (χ2n) is 6.22. The molecule has 0 radical (unpaired) electrons. The van der Waals surface area contributed by atoms with Crippen molar-refractivity contribution in [2.45, 2.75) is 17.4 Å². The molecule has 1 amide bonds. The van der Waals surface area contributed by atoms with E-state index in [-0.39, 0.29) is 11.7 Å². The lowest BCUT2D eigenvalue weighted by atomic mass is 10.1. The smallest absolute Gasteiger partial charge is 0.328 e. The number of carbonyl (C=O) groups excluding carboxylic acids is 2. The lowest BCUT2D eigenvalue weighted by molar-refractivity contribution is -0.144. The third kappa shape index (κ3) is 5.06. The molecule has 3 rings (SSSR count). The first-order valence-corrected chi connectivity index (χ1v) is 10.2. The van der Waals surface area contributed by atoms with Crippen LogP contribution >= 0.6 is 23.4 Å². The number of esters is 1. The van der Waals surface area contributed by atoms with Crippen molar-refractivity contribution in [3.63, 3.8) is 0 Å². The molecule has 1 atom stereocenters. The summed E-state index contributed by atoms with van der Waals surface area (Å²) in [6.45, 7) is 0. The summed E-state index contributed by atoms with van der Waals surface area (Å²) in [6.07, 6.45) is 0.379. The molecule has 0 aliphatic rings. The van der Waals surface area contributed by atoms with Crippen molar-refractivity contribution in [1.29, 1.82) is 0 Å². The molecule has 0 saturated heterocycles. The molecule has 0 fully saturated rings. The second-order valence-corrected chi connectivity index (χ2v) is 7.64. The Morgan fingerprint density at radius 2 is 1.75 bits per heavy atom. The number of halogens is 1. The lowest BCUT2D eigenvalue weighted by Crippen LogP contribution is -2.43. The van der Waals surface area contributed by atoms with Gasteiger partial charge in [0, 0.05) is 21.7 Å². The molecule has 0 bridgehead atoms. The highest BCUT2D eigenvalue weighted by Crippen LogP contribution is 2.33. The van der Waals surface area contributed by atoms with E-state index in [0.717, 1.165) is 21.2 Å². The lowest BCUT2D eigenvalue weighted by Gasteiger charge is -2.17. The number of carbonyl (C=O) groups is 2. The zero-order chi connectivity index (χ0) is 19.9. The number of amides is 1. The maximum Gasteiger partial charge on any atom is 0.328 e. The molecule has 144 valence electrons. The van der Waals surface area contributed by atoms with Gasteiger partial charge in [-0.3, -0.25) is 4.79 Å². The van der Waals surface area contributed by atoms with Gasteiger partial charge in [0.15, 0.2) is 0 Å². The van der Waals surface area contributed by atoms with Crippen LogP contribution in [0.5, 0.6) is 0 Å². The molecule has 0 aliphatic heterocycles. The van der Waals surface area contributed by atoms with Gasteiger partial charge in [-0.05, 0) is 23.1 Å². The number of benzene rings is 3. The third-order valence-electron chi connectivity index (χ3n) is 4.28. The average Bonchev–Trinajstić information content (AvgIpc) is 2.72. The summed E-state index contributed by atoms with van der Waals surface area (Å²) >= 11 is 7.73. The summed E-state index contributed by atoms with van der Waals surface area (Å²) in [5.41, 5.74) is 0.951. The first kappa shape index (κ1) is 20.2. The fourth-order valence-corrected chi connectivity index (χ4v) is 4.20. The Morgan fingerprint density at radius 1 is 1.04 bits per heavy atom. The van der Waals surface area contributed by atoms with E-state index in [1.54, 1.807) is 0 Å². The van der Waals surface area contributed by atoms with E-state index >= 15 is 0 Å². The summed E-state index contributed by atoms with van der Waals surface area (Å²) in [5, 5.41) is 5.38. The van der Waals surface area contributed by atoms with Gasteiger partial charge in [-0.2, -0.15) is 0 Å². The van der Waals surface area contributed by atoms with Gasteiger partial charge in [0.25, 0.3) is 0 Å². The molecule has 0 unspecified atom stereocenters. The zero-order valence-corrected chi connectivity index (χ0v) is 16.9. The number of ether oxygens (including phenoxy) is 1. The first-order valence-electron chi connectivity index (χ1n) is 8.79. The van der Waals surface area contributed by atoms with Gasteiger partial charge in [-0.25, -0.2) is 4.79 Å². The SMILES string of the molecule is COC(=O)[C@H](Cc1ccccc1)NC(=O)CSc1cccc2cccc(Cl)c12. The van der Waals surface area contributed by atoms with Crippen molar-refractivity contribution < 1.29 is 14.3 Å². The van der Waals surface area contributed by atoms with E-state index in [2.05, 4.69) is 5.32 Å². The fourth-order valence-electron chi connectivity index (χ4n) is 2.95. The van der Waals surface area contributed by atoms with Crippen LogP contribution < -0.4 is 5.32 Å². The minimum atomic E-state index is -0.725. The Bertz CT molecular complexity index is 973. The molecule has 28 heavy (non-hydrogen) atoms. The minimum Gasteiger partial charge on any atom is -0.467 e. The molecule has 0 aliphatic carbocycles. The van der Waals surface area contributed by atoms with Crippen molar-refractivity contribution in [1.82, 2.24) is 5.32 Å². The minimum absolute atomic E-state index is 0.173. The number of methoxy groups -OCH3 is 1. The summed E-state index contributed by atoms with van der Waals surface area (Å²) in [5.74, 6) is -0.525. The molecule has 0 spiro atoms. The molecular weight excluding hydrogens is 394 g/mol. The molecule has 1 N–H and O–H groups in total. The van der Waals surface area contributed by atoms with Crippen LogP contribution in [0.1, 0.15) is 5.56 Å². The van der Waals surface area contributed by atoms with Gasteiger partial charge < -0.3 is 10.1 Å². The molecular formula is C22H20ClNO3S.